The number of halogens is 2. The van der Waals surface area contributed by atoms with Gasteiger partial charge in [-0.1, -0.05) is 37.5 Å². The van der Waals surface area contributed by atoms with Gasteiger partial charge in [0.25, 0.3) is 0 Å². The molecule has 5 nitrogen and oxygen atoms in total. The summed E-state index contributed by atoms with van der Waals surface area (Å²) in [5.41, 5.74) is 6.39. The number of carbonyl (C=O) groups excluding carboxylic acids is 2. The van der Waals surface area contributed by atoms with Crippen molar-refractivity contribution in [2.75, 3.05) is 32.7 Å². The fourth-order valence-electron chi connectivity index (χ4n) is 4.31. The Bertz CT molecular complexity index is 671. The predicted molar refractivity (Wildman–Crippen MR) is 110 cm³/mol. The standard InChI is InChI=1S/C21H30FN3O2.ClH/c22-18-7-3-2-6-17(18)14-19(26)24-10-12-25(13-11-24)20(27)15-21(16-23)8-4-1-5-9-21;/h2-3,6-7H,1,4-5,8-16,23H2;1H. The molecule has 156 valence electrons. The van der Waals surface area contributed by atoms with Crippen LogP contribution in [-0.4, -0.2) is 54.3 Å². The zero-order valence-electron chi connectivity index (χ0n) is 16.4. The molecule has 0 unspecified atom stereocenters. The molecule has 1 saturated carbocycles. The quantitative estimate of drug-likeness (QED) is 0.810. The second-order valence-electron chi connectivity index (χ2n) is 7.97. The molecule has 1 aliphatic carbocycles. The number of hydrogen-bond donors (Lipinski definition) is 1. The number of carbonyl (C=O) groups is 2. The minimum absolute atomic E-state index is 0. The number of rotatable bonds is 5. The zero-order valence-corrected chi connectivity index (χ0v) is 17.2. The maximum atomic E-state index is 13.7. The molecular weight excluding hydrogens is 381 g/mol. The maximum absolute atomic E-state index is 13.7. The Labute approximate surface area is 172 Å². The highest BCUT2D eigenvalue weighted by Crippen LogP contribution is 2.38. The highest BCUT2D eigenvalue weighted by atomic mass is 35.5. The van der Waals surface area contributed by atoms with Crippen LogP contribution in [0, 0.1) is 11.2 Å². The fourth-order valence-corrected chi connectivity index (χ4v) is 4.31. The Balaban J connectivity index is 0.00000280. The summed E-state index contributed by atoms with van der Waals surface area (Å²) < 4.78 is 13.7. The van der Waals surface area contributed by atoms with E-state index < -0.39 is 0 Å². The second-order valence-corrected chi connectivity index (χ2v) is 7.97. The zero-order chi connectivity index (χ0) is 19.3. The van der Waals surface area contributed by atoms with Gasteiger partial charge >= 0.3 is 0 Å². The molecule has 3 rings (SSSR count). The molecule has 0 atom stereocenters. The lowest BCUT2D eigenvalue weighted by atomic mass is 9.71. The Kier molecular flexibility index (Phi) is 8.25. The third kappa shape index (κ3) is 5.45. The molecule has 2 aliphatic rings. The fraction of sp³-hybridized carbons (Fsp3) is 0.619. The van der Waals surface area contributed by atoms with E-state index in [1.165, 1.54) is 12.5 Å². The van der Waals surface area contributed by atoms with Crippen LogP contribution in [0.25, 0.3) is 0 Å². The third-order valence-electron chi connectivity index (χ3n) is 6.16. The molecule has 1 aromatic rings. The van der Waals surface area contributed by atoms with Crippen LogP contribution in [0.5, 0.6) is 0 Å². The SMILES string of the molecule is Cl.NCC1(CC(=O)N2CCN(C(=O)Cc3ccccc3F)CC2)CCCCC1. The summed E-state index contributed by atoms with van der Waals surface area (Å²) in [6.07, 6.45) is 6.21. The van der Waals surface area contributed by atoms with Crippen molar-refractivity contribution in [3.05, 3.63) is 35.6 Å². The van der Waals surface area contributed by atoms with Gasteiger partial charge in [0.15, 0.2) is 0 Å². The summed E-state index contributed by atoms with van der Waals surface area (Å²) in [6.45, 7) is 2.67. The number of amides is 2. The van der Waals surface area contributed by atoms with E-state index in [0.717, 1.165) is 25.7 Å². The van der Waals surface area contributed by atoms with Crippen molar-refractivity contribution in [1.29, 1.82) is 0 Å². The number of nitrogens with zero attached hydrogens (tertiary/aromatic N) is 2. The average Bonchev–Trinajstić information content (AvgIpc) is 2.70. The van der Waals surface area contributed by atoms with E-state index >= 15 is 0 Å². The molecule has 2 N–H and O–H groups in total. The first-order chi connectivity index (χ1) is 13.0. The Morgan fingerprint density at radius 3 is 2.11 bits per heavy atom. The van der Waals surface area contributed by atoms with Crippen molar-refractivity contribution in [1.82, 2.24) is 9.80 Å². The van der Waals surface area contributed by atoms with Gasteiger partial charge in [0, 0.05) is 32.6 Å². The molecule has 28 heavy (non-hydrogen) atoms. The van der Waals surface area contributed by atoms with Gasteiger partial charge in [-0.05, 0) is 36.4 Å². The molecule has 7 heteroatoms. The lowest BCUT2D eigenvalue weighted by Gasteiger charge is -2.39. The van der Waals surface area contributed by atoms with Gasteiger partial charge in [0.1, 0.15) is 5.82 Å². The average molecular weight is 412 g/mol. The maximum Gasteiger partial charge on any atom is 0.227 e. The van der Waals surface area contributed by atoms with E-state index in [2.05, 4.69) is 0 Å². The molecule has 0 bridgehead atoms. The monoisotopic (exact) mass is 411 g/mol. The van der Waals surface area contributed by atoms with Crippen LogP contribution in [0.1, 0.15) is 44.1 Å². The molecular formula is C21H31ClFN3O2. The van der Waals surface area contributed by atoms with E-state index in [1.807, 2.05) is 4.90 Å². The van der Waals surface area contributed by atoms with Crippen molar-refractivity contribution in [3.63, 3.8) is 0 Å². The molecule has 1 heterocycles. The van der Waals surface area contributed by atoms with Gasteiger partial charge in [-0.25, -0.2) is 4.39 Å². The lowest BCUT2D eigenvalue weighted by Crippen LogP contribution is -2.52. The highest BCUT2D eigenvalue weighted by Gasteiger charge is 2.35. The van der Waals surface area contributed by atoms with Gasteiger partial charge in [-0.3, -0.25) is 9.59 Å². The smallest absolute Gasteiger partial charge is 0.227 e. The first kappa shape index (κ1) is 22.6. The number of benzene rings is 1. The van der Waals surface area contributed by atoms with E-state index in [1.54, 1.807) is 23.1 Å². The van der Waals surface area contributed by atoms with Gasteiger partial charge in [0.2, 0.25) is 11.8 Å². The molecule has 0 aromatic heterocycles. The molecule has 2 fully saturated rings. The summed E-state index contributed by atoms with van der Waals surface area (Å²) in [7, 11) is 0. The van der Waals surface area contributed by atoms with Gasteiger partial charge in [-0.2, -0.15) is 0 Å². The van der Waals surface area contributed by atoms with E-state index in [4.69, 9.17) is 5.73 Å². The molecule has 2 amide bonds. The topological polar surface area (TPSA) is 66.6 Å². The van der Waals surface area contributed by atoms with Crippen molar-refractivity contribution in [2.24, 2.45) is 11.1 Å². The molecule has 0 radical (unpaired) electrons. The van der Waals surface area contributed by atoms with Gasteiger partial charge in [0.05, 0.1) is 6.42 Å². The van der Waals surface area contributed by atoms with Crippen LogP contribution in [0.15, 0.2) is 24.3 Å². The highest BCUT2D eigenvalue weighted by molar-refractivity contribution is 5.85. The largest absolute Gasteiger partial charge is 0.339 e. The Morgan fingerprint density at radius 1 is 0.964 bits per heavy atom. The third-order valence-corrected chi connectivity index (χ3v) is 6.16. The molecule has 0 spiro atoms. The Morgan fingerprint density at radius 2 is 1.54 bits per heavy atom. The summed E-state index contributed by atoms with van der Waals surface area (Å²) in [5.74, 6) is -0.277. The molecule has 1 aliphatic heterocycles. The second kappa shape index (κ2) is 10.2. The van der Waals surface area contributed by atoms with Crippen molar-refractivity contribution in [2.45, 2.75) is 44.9 Å². The molecule has 1 saturated heterocycles. The van der Waals surface area contributed by atoms with Gasteiger partial charge < -0.3 is 15.5 Å². The minimum atomic E-state index is -0.348. The van der Waals surface area contributed by atoms with Crippen molar-refractivity contribution in [3.8, 4) is 0 Å². The summed E-state index contributed by atoms with van der Waals surface area (Å²) in [4.78, 5) is 28.8. The summed E-state index contributed by atoms with van der Waals surface area (Å²) in [6, 6.07) is 6.37. The minimum Gasteiger partial charge on any atom is -0.339 e. The molecule has 1 aromatic carbocycles. The lowest BCUT2D eigenvalue weighted by molar-refractivity contribution is -0.141. The normalized spacial score (nSPS) is 19.1. The van der Waals surface area contributed by atoms with Crippen LogP contribution >= 0.6 is 12.4 Å². The summed E-state index contributed by atoms with van der Waals surface area (Å²) in [5, 5.41) is 0. The predicted octanol–water partition coefficient (Wildman–Crippen LogP) is 2.76. The van der Waals surface area contributed by atoms with Crippen LogP contribution < -0.4 is 5.73 Å². The van der Waals surface area contributed by atoms with Crippen LogP contribution in [0.2, 0.25) is 0 Å². The first-order valence-electron chi connectivity index (χ1n) is 10.0. The van der Waals surface area contributed by atoms with Crippen LogP contribution in [0.4, 0.5) is 4.39 Å². The van der Waals surface area contributed by atoms with Gasteiger partial charge in [-0.15, -0.1) is 12.4 Å². The van der Waals surface area contributed by atoms with E-state index in [9.17, 15) is 14.0 Å². The van der Waals surface area contributed by atoms with Crippen molar-refractivity contribution >= 4 is 24.2 Å². The summed E-state index contributed by atoms with van der Waals surface area (Å²) >= 11 is 0. The van der Waals surface area contributed by atoms with Crippen LogP contribution in [-0.2, 0) is 16.0 Å². The Hall–Kier alpha value is -1.66. The van der Waals surface area contributed by atoms with Crippen LogP contribution in [0.3, 0.4) is 0 Å². The van der Waals surface area contributed by atoms with E-state index in [-0.39, 0.29) is 41.9 Å². The number of piperazine rings is 1. The number of nitrogens with two attached hydrogens (primary N) is 1. The first-order valence-corrected chi connectivity index (χ1v) is 10.0. The van der Waals surface area contributed by atoms with Crippen molar-refractivity contribution < 1.29 is 14.0 Å². The van der Waals surface area contributed by atoms with E-state index in [0.29, 0.717) is 44.7 Å². The number of hydrogen-bond acceptors (Lipinski definition) is 3.